The van der Waals surface area contributed by atoms with Crippen LogP contribution in [0, 0.1) is 11.3 Å². The lowest BCUT2D eigenvalue weighted by atomic mass is 10.1. The van der Waals surface area contributed by atoms with Crippen LogP contribution in [0.25, 0.3) is 0 Å². The van der Waals surface area contributed by atoms with Gasteiger partial charge in [-0.3, -0.25) is 0 Å². The van der Waals surface area contributed by atoms with E-state index in [0.29, 0.717) is 0 Å². The highest BCUT2D eigenvalue weighted by atomic mass is 19.4. The second-order valence-electron chi connectivity index (χ2n) is 3.40. The highest BCUT2D eigenvalue weighted by Gasteiger charge is 2.34. The molecule has 0 saturated carbocycles. The first-order valence-corrected chi connectivity index (χ1v) is 5.38. The number of hydrogen-bond acceptors (Lipinski definition) is 5. The molecule has 108 valence electrons. The summed E-state index contributed by atoms with van der Waals surface area (Å²) in [7, 11) is 1.21. The molecule has 0 aliphatic carbocycles. The van der Waals surface area contributed by atoms with Crippen molar-refractivity contribution < 1.29 is 32.2 Å². The summed E-state index contributed by atoms with van der Waals surface area (Å²) in [6.07, 6.45) is -4.98. The zero-order valence-electron chi connectivity index (χ0n) is 10.6. The van der Waals surface area contributed by atoms with Crippen molar-refractivity contribution in [3.05, 3.63) is 23.3 Å². The van der Waals surface area contributed by atoms with Crippen LogP contribution in [0.4, 0.5) is 13.2 Å². The summed E-state index contributed by atoms with van der Waals surface area (Å²) < 4.78 is 50.0. The van der Waals surface area contributed by atoms with Gasteiger partial charge in [0.1, 0.15) is 28.7 Å². The Labute approximate surface area is 112 Å². The normalized spacial score (nSPS) is 10.6. The Bertz CT molecular complexity index is 549. The number of benzene rings is 1. The van der Waals surface area contributed by atoms with Crippen molar-refractivity contribution in [3.63, 3.8) is 0 Å². The molecule has 20 heavy (non-hydrogen) atoms. The van der Waals surface area contributed by atoms with Crippen LogP contribution in [-0.2, 0) is 4.74 Å². The number of carbonyl (C=O) groups is 1. The summed E-state index contributed by atoms with van der Waals surface area (Å²) in [5.74, 6) is -1.83. The highest BCUT2D eigenvalue weighted by Crippen LogP contribution is 2.33. The second kappa shape index (κ2) is 6.14. The number of rotatable bonds is 4. The molecule has 0 aromatic heterocycles. The van der Waals surface area contributed by atoms with Gasteiger partial charge in [-0.2, -0.15) is 5.26 Å². The molecule has 1 aromatic rings. The molecule has 1 rings (SSSR count). The minimum atomic E-state index is -4.98. The number of ether oxygens (including phenoxy) is 3. The number of methoxy groups -OCH3 is 1. The fourth-order valence-electron chi connectivity index (χ4n) is 1.46. The first kappa shape index (κ1) is 15.6. The number of alkyl halides is 3. The smallest absolute Gasteiger partial charge is 0.496 e. The average Bonchev–Trinajstić information content (AvgIpc) is 2.36. The summed E-state index contributed by atoms with van der Waals surface area (Å²) in [5, 5.41) is 8.97. The fraction of sp³-hybridized carbons (Fsp3) is 0.333. The number of esters is 1. The first-order valence-electron chi connectivity index (χ1n) is 5.38. The van der Waals surface area contributed by atoms with E-state index in [1.54, 1.807) is 0 Å². The third-order valence-electron chi connectivity index (χ3n) is 2.17. The molecule has 0 fully saturated rings. The summed E-state index contributed by atoms with van der Waals surface area (Å²) >= 11 is 0. The molecule has 0 N–H and O–H groups in total. The van der Waals surface area contributed by atoms with Gasteiger partial charge in [-0.1, -0.05) is 0 Å². The van der Waals surface area contributed by atoms with Crippen molar-refractivity contribution in [1.82, 2.24) is 0 Å². The van der Waals surface area contributed by atoms with E-state index >= 15 is 0 Å². The first-order chi connectivity index (χ1) is 9.34. The van der Waals surface area contributed by atoms with Crippen molar-refractivity contribution >= 4 is 5.97 Å². The predicted octanol–water partition coefficient (Wildman–Crippen LogP) is 2.64. The molecule has 0 saturated heterocycles. The van der Waals surface area contributed by atoms with E-state index in [4.69, 9.17) is 14.7 Å². The molecule has 0 atom stereocenters. The summed E-state index contributed by atoms with van der Waals surface area (Å²) in [4.78, 5) is 11.7. The monoisotopic (exact) mass is 289 g/mol. The molecule has 0 radical (unpaired) electrons. The predicted molar refractivity (Wildman–Crippen MR) is 60.3 cm³/mol. The Kier molecular flexibility index (Phi) is 4.80. The summed E-state index contributed by atoms with van der Waals surface area (Å²) in [5.41, 5.74) is -1.00. The molecule has 0 heterocycles. The number of nitriles is 1. The maximum Gasteiger partial charge on any atom is 0.573 e. The summed E-state index contributed by atoms with van der Waals surface area (Å²) in [6, 6.07) is 3.48. The van der Waals surface area contributed by atoms with Crippen LogP contribution in [0.5, 0.6) is 11.5 Å². The van der Waals surface area contributed by atoms with Crippen LogP contribution >= 0.6 is 0 Å². The lowest BCUT2D eigenvalue weighted by molar-refractivity contribution is -0.274. The van der Waals surface area contributed by atoms with Crippen molar-refractivity contribution in [2.75, 3.05) is 13.7 Å². The van der Waals surface area contributed by atoms with E-state index in [0.717, 1.165) is 12.1 Å². The molecular formula is C12H10F3NO4. The van der Waals surface area contributed by atoms with Gasteiger partial charge in [0, 0.05) is 0 Å². The topological polar surface area (TPSA) is 68.6 Å². The van der Waals surface area contributed by atoms with Crippen molar-refractivity contribution in [2.24, 2.45) is 0 Å². The van der Waals surface area contributed by atoms with Gasteiger partial charge in [-0.05, 0) is 19.1 Å². The molecule has 0 unspecified atom stereocenters. The molecule has 0 bridgehead atoms. The van der Waals surface area contributed by atoms with Gasteiger partial charge >= 0.3 is 12.3 Å². The lowest BCUT2D eigenvalue weighted by Crippen LogP contribution is -2.19. The van der Waals surface area contributed by atoms with E-state index in [1.165, 1.54) is 20.1 Å². The molecule has 0 aliphatic rings. The molecule has 0 spiro atoms. The molecule has 0 amide bonds. The molecular weight excluding hydrogens is 279 g/mol. The van der Waals surface area contributed by atoms with E-state index in [1.807, 2.05) is 0 Å². The quantitative estimate of drug-likeness (QED) is 0.797. The maximum absolute atomic E-state index is 12.2. The number of nitrogens with zero attached hydrogens (tertiary/aromatic N) is 1. The maximum atomic E-state index is 12.2. The third-order valence-corrected chi connectivity index (χ3v) is 2.17. The molecule has 1 aromatic carbocycles. The number of hydrogen-bond donors (Lipinski definition) is 0. The van der Waals surface area contributed by atoms with Crippen LogP contribution in [0.15, 0.2) is 12.1 Å². The van der Waals surface area contributed by atoms with Crippen molar-refractivity contribution in [1.29, 1.82) is 5.26 Å². The van der Waals surface area contributed by atoms with Gasteiger partial charge in [-0.25, -0.2) is 4.79 Å². The van der Waals surface area contributed by atoms with Crippen LogP contribution in [0.3, 0.4) is 0 Å². The highest BCUT2D eigenvalue weighted by molar-refractivity contribution is 5.96. The largest absolute Gasteiger partial charge is 0.573 e. The van der Waals surface area contributed by atoms with Gasteiger partial charge in [0.15, 0.2) is 0 Å². The standard InChI is InChI=1S/C12H10F3NO4/c1-3-19-11(17)10-7(6-16)8(20-12(13,14)15)4-5-9(10)18-2/h4-5H,3H2,1-2H3. The average molecular weight is 289 g/mol. The minimum absolute atomic E-state index is 0.00277. The Hall–Kier alpha value is -2.43. The zero-order valence-corrected chi connectivity index (χ0v) is 10.6. The Morgan fingerprint density at radius 1 is 1.35 bits per heavy atom. The van der Waals surface area contributed by atoms with Gasteiger partial charge in [0.25, 0.3) is 0 Å². The zero-order chi connectivity index (χ0) is 15.3. The van der Waals surface area contributed by atoms with Gasteiger partial charge < -0.3 is 14.2 Å². The Balaban J connectivity index is 3.41. The van der Waals surface area contributed by atoms with Crippen LogP contribution in [0.1, 0.15) is 22.8 Å². The fourth-order valence-corrected chi connectivity index (χ4v) is 1.46. The van der Waals surface area contributed by atoms with E-state index in [2.05, 4.69) is 4.74 Å². The molecule has 8 heteroatoms. The third kappa shape index (κ3) is 3.54. The lowest BCUT2D eigenvalue weighted by Gasteiger charge is -2.14. The Morgan fingerprint density at radius 2 is 1.95 bits per heavy atom. The van der Waals surface area contributed by atoms with Crippen molar-refractivity contribution in [2.45, 2.75) is 13.3 Å². The SMILES string of the molecule is CCOC(=O)c1c(OC)ccc(OC(F)(F)F)c1C#N. The number of halogens is 3. The second-order valence-corrected chi connectivity index (χ2v) is 3.40. The Morgan fingerprint density at radius 3 is 2.40 bits per heavy atom. The summed E-state index contributed by atoms with van der Waals surface area (Å²) in [6.45, 7) is 1.52. The van der Waals surface area contributed by atoms with E-state index < -0.39 is 29.2 Å². The number of carbonyl (C=O) groups excluding carboxylic acids is 1. The minimum Gasteiger partial charge on any atom is -0.496 e. The van der Waals surface area contributed by atoms with Crippen LogP contribution in [0.2, 0.25) is 0 Å². The molecule has 5 nitrogen and oxygen atoms in total. The molecule has 0 aliphatic heterocycles. The van der Waals surface area contributed by atoms with Gasteiger partial charge in [-0.15, -0.1) is 13.2 Å². The van der Waals surface area contributed by atoms with E-state index in [9.17, 15) is 18.0 Å². The van der Waals surface area contributed by atoms with Crippen molar-refractivity contribution in [3.8, 4) is 17.6 Å². The van der Waals surface area contributed by atoms with Gasteiger partial charge in [0.05, 0.1) is 13.7 Å². The van der Waals surface area contributed by atoms with Crippen LogP contribution in [-0.4, -0.2) is 26.0 Å². The van der Waals surface area contributed by atoms with Crippen LogP contribution < -0.4 is 9.47 Å². The van der Waals surface area contributed by atoms with E-state index in [-0.39, 0.29) is 12.4 Å². The van der Waals surface area contributed by atoms with Gasteiger partial charge in [0.2, 0.25) is 0 Å².